The molecular formula is C15H14ClF3N4OS2. The minimum atomic E-state index is -4.62. The van der Waals surface area contributed by atoms with Gasteiger partial charge in [-0.15, -0.1) is 10.2 Å². The number of thioether (sulfide) groups is 1. The summed E-state index contributed by atoms with van der Waals surface area (Å²) in [6.45, 7) is 1.60. The van der Waals surface area contributed by atoms with E-state index in [0.717, 1.165) is 36.7 Å². The van der Waals surface area contributed by atoms with Gasteiger partial charge in [0.1, 0.15) is 0 Å². The van der Waals surface area contributed by atoms with Gasteiger partial charge < -0.3 is 10.6 Å². The molecule has 11 heteroatoms. The Morgan fingerprint density at radius 3 is 2.77 bits per heavy atom. The van der Waals surface area contributed by atoms with Crippen molar-refractivity contribution in [3.05, 3.63) is 28.8 Å². The summed E-state index contributed by atoms with van der Waals surface area (Å²) in [5.74, 6) is -0.560. The highest BCUT2D eigenvalue weighted by Gasteiger charge is 2.34. The normalized spacial score (nSPS) is 15.6. The van der Waals surface area contributed by atoms with E-state index < -0.39 is 22.9 Å². The number of anilines is 2. The summed E-state index contributed by atoms with van der Waals surface area (Å²) in [5, 5.41) is 13.5. The molecule has 1 fully saturated rings. The van der Waals surface area contributed by atoms with Crippen molar-refractivity contribution in [3.63, 3.8) is 0 Å². The first-order valence-electron chi connectivity index (χ1n) is 7.66. The predicted molar refractivity (Wildman–Crippen MR) is 97.0 cm³/mol. The second-order valence-corrected chi connectivity index (χ2v) is 8.73. The first kappa shape index (κ1) is 19.2. The quantitative estimate of drug-likeness (QED) is 0.648. The zero-order valence-corrected chi connectivity index (χ0v) is 15.8. The van der Waals surface area contributed by atoms with Crippen LogP contribution in [0.15, 0.2) is 22.5 Å². The number of hydrogen-bond donors (Lipinski definition) is 2. The van der Waals surface area contributed by atoms with Crippen molar-refractivity contribution in [1.82, 2.24) is 10.2 Å². The average Bonchev–Trinajstić information content (AvgIpc) is 3.26. The molecule has 0 bridgehead atoms. The summed E-state index contributed by atoms with van der Waals surface area (Å²) in [6, 6.07) is 3.66. The van der Waals surface area contributed by atoms with Crippen LogP contribution in [0.1, 0.15) is 25.3 Å². The van der Waals surface area contributed by atoms with Gasteiger partial charge in [0.05, 0.1) is 16.5 Å². The topological polar surface area (TPSA) is 66.9 Å². The minimum Gasteiger partial charge on any atom is -0.357 e. The van der Waals surface area contributed by atoms with Gasteiger partial charge in [-0.25, -0.2) is 0 Å². The Kier molecular flexibility index (Phi) is 5.64. The maximum absolute atomic E-state index is 13.1. The number of carbonyl (C=O) groups is 1. The minimum absolute atomic E-state index is 0.0534. The number of halogens is 4. The van der Waals surface area contributed by atoms with E-state index in [9.17, 15) is 18.0 Å². The highest BCUT2D eigenvalue weighted by Crippen LogP contribution is 2.37. The molecule has 3 rings (SSSR count). The number of nitrogens with one attached hydrogen (secondary N) is 2. The molecule has 1 aliphatic rings. The maximum Gasteiger partial charge on any atom is 0.418 e. The lowest BCUT2D eigenvalue weighted by atomic mass is 10.1. The molecule has 1 atom stereocenters. The molecule has 1 amide bonds. The number of aromatic nitrogens is 2. The monoisotopic (exact) mass is 422 g/mol. The van der Waals surface area contributed by atoms with Crippen molar-refractivity contribution < 1.29 is 18.0 Å². The standard InChI is InChI=1S/C15H14ClF3N4OS2/c1-7(25-14-23-22-13(26-14)20-9-3-4-9)12(24)21-11-5-2-8(16)6-10(11)15(17,18)19/h2,5-7,9H,3-4H2,1H3,(H,20,22)(H,21,24). The first-order valence-corrected chi connectivity index (χ1v) is 9.74. The second-order valence-electron chi connectivity index (χ2n) is 5.73. The molecule has 5 nitrogen and oxygen atoms in total. The van der Waals surface area contributed by atoms with Gasteiger partial charge in [-0.2, -0.15) is 13.2 Å². The van der Waals surface area contributed by atoms with E-state index in [1.165, 1.54) is 17.4 Å². The molecule has 26 heavy (non-hydrogen) atoms. The fourth-order valence-electron chi connectivity index (χ4n) is 2.02. The van der Waals surface area contributed by atoms with Crippen molar-refractivity contribution in [2.45, 2.75) is 41.6 Å². The molecule has 1 aliphatic carbocycles. The van der Waals surface area contributed by atoms with Gasteiger partial charge in [-0.1, -0.05) is 34.7 Å². The molecule has 1 heterocycles. The molecule has 140 valence electrons. The van der Waals surface area contributed by atoms with E-state index in [2.05, 4.69) is 20.8 Å². The second kappa shape index (κ2) is 7.61. The van der Waals surface area contributed by atoms with Crippen LogP contribution in [0, 0.1) is 0 Å². The van der Waals surface area contributed by atoms with Gasteiger partial charge in [0.25, 0.3) is 0 Å². The van der Waals surface area contributed by atoms with Gasteiger partial charge >= 0.3 is 6.18 Å². The smallest absolute Gasteiger partial charge is 0.357 e. The van der Waals surface area contributed by atoms with Crippen LogP contribution >= 0.6 is 34.7 Å². The molecule has 1 aromatic carbocycles. The third kappa shape index (κ3) is 5.01. The maximum atomic E-state index is 13.1. The van der Waals surface area contributed by atoms with Gasteiger partial charge in [-0.3, -0.25) is 4.79 Å². The van der Waals surface area contributed by atoms with Crippen LogP contribution in [-0.2, 0) is 11.0 Å². The Morgan fingerprint density at radius 1 is 1.38 bits per heavy atom. The van der Waals surface area contributed by atoms with Gasteiger partial charge in [0, 0.05) is 11.1 Å². The third-order valence-corrected chi connectivity index (χ3v) is 5.78. The van der Waals surface area contributed by atoms with Crippen molar-refractivity contribution in [2.75, 3.05) is 10.6 Å². The fraction of sp³-hybridized carbons (Fsp3) is 0.400. The van der Waals surface area contributed by atoms with Crippen molar-refractivity contribution in [3.8, 4) is 0 Å². The van der Waals surface area contributed by atoms with Crippen LogP contribution in [0.2, 0.25) is 5.02 Å². The zero-order valence-electron chi connectivity index (χ0n) is 13.4. The lowest BCUT2D eigenvalue weighted by Gasteiger charge is -2.16. The number of nitrogens with zero attached hydrogens (tertiary/aromatic N) is 2. The molecule has 1 unspecified atom stereocenters. The van der Waals surface area contributed by atoms with E-state index >= 15 is 0 Å². The number of benzene rings is 1. The Balaban J connectivity index is 1.65. The summed E-state index contributed by atoms with van der Waals surface area (Å²) in [5.41, 5.74) is -1.31. The van der Waals surface area contributed by atoms with Crippen LogP contribution in [0.5, 0.6) is 0 Å². The van der Waals surface area contributed by atoms with Gasteiger partial charge in [0.15, 0.2) is 4.34 Å². The number of hydrogen-bond acceptors (Lipinski definition) is 6. The zero-order chi connectivity index (χ0) is 18.9. The van der Waals surface area contributed by atoms with E-state index in [1.807, 2.05) is 0 Å². The van der Waals surface area contributed by atoms with E-state index in [-0.39, 0.29) is 10.7 Å². The molecule has 0 saturated heterocycles. The fourth-order valence-corrected chi connectivity index (χ4v) is 4.16. The summed E-state index contributed by atoms with van der Waals surface area (Å²) in [7, 11) is 0. The number of carbonyl (C=O) groups excluding carboxylic acids is 1. The molecule has 0 aliphatic heterocycles. The highest BCUT2D eigenvalue weighted by atomic mass is 35.5. The molecule has 1 aromatic heterocycles. The van der Waals surface area contributed by atoms with Crippen molar-refractivity contribution in [2.24, 2.45) is 0 Å². The Morgan fingerprint density at radius 2 is 2.12 bits per heavy atom. The molecule has 0 radical (unpaired) electrons. The van der Waals surface area contributed by atoms with E-state index in [4.69, 9.17) is 11.6 Å². The molecule has 0 spiro atoms. The van der Waals surface area contributed by atoms with Crippen LogP contribution in [-0.4, -0.2) is 27.4 Å². The molecule has 1 saturated carbocycles. The summed E-state index contributed by atoms with van der Waals surface area (Å²) < 4.78 is 39.9. The van der Waals surface area contributed by atoms with Crippen LogP contribution in [0.25, 0.3) is 0 Å². The van der Waals surface area contributed by atoms with Crippen LogP contribution in [0.3, 0.4) is 0 Å². The van der Waals surface area contributed by atoms with Gasteiger partial charge in [-0.05, 0) is 38.0 Å². The number of amides is 1. The summed E-state index contributed by atoms with van der Waals surface area (Å²) >= 11 is 8.09. The summed E-state index contributed by atoms with van der Waals surface area (Å²) in [4.78, 5) is 12.3. The molecule has 2 aromatic rings. The van der Waals surface area contributed by atoms with Crippen LogP contribution < -0.4 is 10.6 Å². The van der Waals surface area contributed by atoms with Crippen molar-refractivity contribution in [1.29, 1.82) is 0 Å². The number of alkyl halides is 3. The van der Waals surface area contributed by atoms with E-state index in [1.54, 1.807) is 6.92 Å². The Bertz CT molecular complexity index is 810. The molecule has 2 N–H and O–H groups in total. The third-order valence-electron chi connectivity index (χ3n) is 3.50. The molecular weight excluding hydrogens is 409 g/mol. The van der Waals surface area contributed by atoms with Gasteiger partial charge in [0.2, 0.25) is 11.0 Å². The lowest BCUT2D eigenvalue weighted by molar-refractivity contribution is -0.137. The number of rotatable bonds is 6. The Hall–Kier alpha value is -1.52. The Labute approximate surface area is 160 Å². The average molecular weight is 423 g/mol. The SMILES string of the molecule is CC(Sc1nnc(NC2CC2)s1)C(=O)Nc1ccc(Cl)cc1C(F)(F)F. The first-order chi connectivity index (χ1) is 12.2. The highest BCUT2D eigenvalue weighted by molar-refractivity contribution is 8.02. The van der Waals surface area contributed by atoms with E-state index in [0.29, 0.717) is 15.5 Å². The summed E-state index contributed by atoms with van der Waals surface area (Å²) in [6.07, 6.45) is -2.42. The predicted octanol–water partition coefficient (Wildman–Crippen LogP) is 4.90. The van der Waals surface area contributed by atoms with Crippen molar-refractivity contribution >= 4 is 51.4 Å². The lowest BCUT2D eigenvalue weighted by Crippen LogP contribution is -2.24. The largest absolute Gasteiger partial charge is 0.418 e. The van der Waals surface area contributed by atoms with Crippen LogP contribution in [0.4, 0.5) is 24.0 Å².